The fourth-order valence-corrected chi connectivity index (χ4v) is 1.18. The van der Waals surface area contributed by atoms with Crippen LogP contribution in [0, 0.1) is 0 Å². The predicted octanol–water partition coefficient (Wildman–Crippen LogP) is 1.92. The molecule has 0 spiro atoms. The van der Waals surface area contributed by atoms with Gasteiger partial charge in [0.1, 0.15) is 5.15 Å². The average Bonchev–Trinajstić information content (AvgIpc) is 2.14. The van der Waals surface area contributed by atoms with Crippen LogP contribution in [0.3, 0.4) is 0 Å². The minimum Gasteiger partial charge on any atom is -0.394 e. The highest BCUT2D eigenvalue weighted by atomic mass is 35.5. The van der Waals surface area contributed by atoms with Crippen LogP contribution in [0.2, 0.25) is 5.15 Å². The molecule has 0 saturated carbocycles. The Balaban J connectivity index is 2.62. The van der Waals surface area contributed by atoms with Gasteiger partial charge in [0.2, 0.25) is 0 Å². The maximum absolute atomic E-state index is 8.95. The van der Waals surface area contributed by atoms with Gasteiger partial charge < -0.3 is 10.4 Å². The number of pyridine rings is 1. The van der Waals surface area contributed by atoms with E-state index in [1.54, 1.807) is 12.3 Å². The molecule has 0 aromatic carbocycles. The molecule has 4 heteroatoms. The summed E-state index contributed by atoms with van der Waals surface area (Å²) in [4.78, 5) is 3.86. The van der Waals surface area contributed by atoms with Crippen LogP contribution in [-0.4, -0.2) is 22.7 Å². The van der Waals surface area contributed by atoms with Gasteiger partial charge in [0.25, 0.3) is 0 Å². The summed E-state index contributed by atoms with van der Waals surface area (Å²) in [5.41, 5.74) is 0.890. The van der Waals surface area contributed by atoms with Gasteiger partial charge >= 0.3 is 0 Å². The van der Waals surface area contributed by atoms with E-state index in [2.05, 4.69) is 10.3 Å². The molecular formula is C9H13ClN2O. The van der Waals surface area contributed by atoms with E-state index in [4.69, 9.17) is 16.7 Å². The Kier molecular flexibility index (Phi) is 3.99. The first-order valence-corrected chi connectivity index (χ1v) is 4.63. The van der Waals surface area contributed by atoms with E-state index in [-0.39, 0.29) is 12.6 Å². The first kappa shape index (κ1) is 10.3. The van der Waals surface area contributed by atoms with Crippen molar-refractivity contribution in [2.75, 3.05) is 11.9 Å². The van der Waals surface area contributed by atoms with E-state index < -0.39 is 0 Å². The summed E-state index contributed by atoms with van der Waals surface area (Å²) >= 11 is 5.70. The number of aliphatic hydroxyl groups is 1. The lowest BCUT2D eigenvalue weighted by Crippen LogP contribution is -2.22. The fourth-order valence-electron chi connectivity index (χ4n) is 1.00. The predicted molar refractivity (Wildman–Crippen MR) is 54.0 cm³/mol. The molecule has 13 heavy (non-hydrogen) atoms. The second kappa shape index (κ2) is 5.04. The Morgan fingerprint density at radius 1 is 1.69 bits per heavy atom. The van der Waals surface area contributed by atoms with Gasteiger partial charge in [-0.3, -0.25) is 0 Å². The van der Waals surface area contributed by atoms with E-state index in [9.17, 15) is 0 Å². The SMILES string of the molecule is CCC(CO)Nc1ccnc(Cl)c1. The second-order valence-corrected chi connectivity index (χ2v) is 3.19. The van der Waals surface area contributed by atoms with Crippen LogP contribution in [-0.2, 0) is 0 Å². The van der Waals surface area contributed by atoms with Crippen LogP contribution in [0.5, 0.6) is 0 Å². The van der Waals surface area contributed by atoms with Crippen LogP contribution < -0.4 is 5.32 Å². The van der Waals surface area contributed by atoms with E-state index in [0.29, 0.717) is 5.15 Å². The topological polar surface area (TPSA) is 45.1 Å². The number of nitrogens with one attached hydrogen (secondary N) is 1. The molecule has 1 unspecified atom stereocenters. The minimum atomic E-state index is 0.0819. The van der Waals surface area contributed by atoms with Crippen molar-refractivity contribution < 1.29 is 5.11 Å². The van der Waals surface area contributed by atoms with E-state index in [1.165, 1.54) is 0 Å². The molecule has 3 nitrogen and oxygen atoms in total. The molecule has 2 N–H and O–H groups in total. The summed E-state index contributed by atoms with van der Waals surface area (Å²) in [5, 5.41) is 12.5. The summed E-state index contributed by atoms with van der Waals surface area (Å²) < 4.78 is 0. The van der Waals surface area contributed by atoms with Crippen molar-refractivity contribution in [2.45, 2.75) is 19.4 Å². The summed E-state index contributed by atoms with van der Waals surface area (Å²) in [5.74, 6) is 0. The molecule has 0 bridgehead atoms. The molecule has 0 aliphatic carbocycles. The van der Waals surface area contributed by atoms with Gasteiger partial charge in [-0.25, -0.2) is 4.98 Å². The maximum atomic E-state index is 8.95. The summed E-state index contributed by atoms with van der Waals surface area (Å²) in [7, 11) is 0. The highest BCUT2D eigenvalue weighted by Crippen LogP contribution is 2.13. The van der Waals surface area contributed by atoms with E-state index in [1.807, 2.05) is 13.0 Å². The number of hydrogen-bond donors (Lipinski definition) is 2. The maximum Gasteiger partial charge on any atom is 0.131 e. The lowest BCUT2D eigenvalue weighted by molar-refractivity contribution is 0.272. The Morgan fingerprint density at radius 3 is 3.00 bits per heavy atom. The van der Waals surface area contributed by atoms with Gasteiger partial charge in [-0.05, 0) is 18.6 Å². The van der Waals surface area contributed by atoms with Gasteiger partial charge in [0.05, 0.1) is 6.61 Å². The summed E-state index contributed by atoms with van der Waals surface area (Å²) in [6.45, 7) is 2.13. The quantitative estimate of drug-likeness (QED) is 0.730. The highest BCUT2D eigenvalue weighted by molar-refractivity contribution is 6.29. The molecule has 1 aromatic heterocycles. The van der Waals surface area contributed by atoms with E-state index in [0.717, 1.165) is 12.1 Å². The lowest BCUT2D eigenvalue weighted by Gasteiger charge is -2.14. The number of aliphatic hydroxyl groups excluding tert-OH is 1. The van der Waals surface area contributed by atoms with Crippen molar-refractivity contribution in [3.05, 3.63) is 23.5 Å². The average molecular weight is 201 g/mol. The molecule has 0 saturated heterocycles. The standard InChI is InChI=1S/C9H13ClN2O/c1-2-7(6-13)12-8-3-4-11-9(10)5-8/h3-5,7,13H,2,6H2,1H3,(H,11,12). The van der Waals surface area contributed by atoms with Gasteiger partial charge in [-0.1, -0.05) is 18.5 Å². The Labute approximate surface area is 82.8 Å². The van der Waals surface area contributed by atoms with Crippen molar-refractivity contribution in [1.29, 1.82) is 0 Å². The van der Waals surface area contributed by atoms with Crippen LogP contribution in [0.1, 0.15) is 13.3 Å². The number of anilines is 1. The van der Waals surface area contributed by atoms with Crippen molar-refractivity contribution in [1.82, 2.24) is 4.98 Å². The molecular weight excluding hydrogens is 188 g/mol. The molecule has 1 atom stereocenters. The third-order valence-electron chi connectivity index (χ3n) is 1.81. The fraction of sp³-hybridized carbons (Fsp3) is 0.444. The normalized spacial score (nSPS) is 12.5. The molecule has 0 radical (unpaired) electrons. The number of hydrogen-bond acceptors (Lipinski definition) is 3. The van der Waals surface area contributed by atoms with Crippen molar-refractivity contribution in [2.24, 2.45) is 0 Å². The van der Waals surface area contributed by atoms with Gasteiger partial charge in [0.15, 0.2) is 0 Å². The van der Waals surface area contributed by atoms with Crippen molar-refractivity contribution in [3.8, 4) is 0 Å². The molecule has 0 fully saturated rings. The molecule has 1 aromatic rings. The second-order valence-electron chi connectivity index (χ2n) is 2.80. The number of aromatic nitrogens is 1. The minimum absolute atomic E-state index is 0.0819. The zero-order valence-electron chi connectivity index (χ0n) is 7.50. The molecule has 0 aliphatic heterocycles. The Bertz CT molecular complexity index is 264. The molecule has 0 aliphatic rings. The molecule has 0 amide bonds. The zero-order chi connectivity index (χ0) is 9.68. The third-order valence-corrected chi connectivity index (χ3v) is 2.02. The highest BCUT2D eigenvalue weighted by Gasteiger charge is 2.03. The van der Waals surface area contributed by atoms with Crippen molar-refractivity contribution in [3.63, 3.8) is 0 Å². The monoisotopic (exact) mass is 200 g/mol. The molecule has 72 valence electrons. The first-order chi connectivity index (χ1) is 6.26. The summed E-state index contributed by atoms with van der Waals surface area (Å²) in [6.07, 6.45) is 2.51. The molecule has 1 rings (SSSR count). The van der Waals surface area contributed by atoms with Gasteiger partial charge in [0, 0.05) is 17.9 Å². The van der Waals surface area contributed by atoms with Crippen LogP contribution in [0.25, 0.3) is 0 Å². The van der Waals surface area contributed by atoms with Gasteiger partial charge in [-0.15, -0.1) is 0 Å². The van der Waals surface area contributed by atoms with Crippen LogP contribution in [0.15, 0.2) is 18.3 Å². The van der Waals surface area contributed by atoms with Crippen LogP contribution >= 0.6 is 11.6 Å². The first-order valence-electron chi connectivity index (χ1n) is 4.25. The van der Waals surface area contributed by atoms with Gasteiger partial charge in [-0.2, -0.15) is 0 Å². The zero-order valence-corrected chi connectivity index (χ0v) is 8.25. The number of rotatable bonds is 4. The number of halogens is 1. The lowest BCUT2D eigenvalue weighted by atomic mass is 10.2. The summed E-state index contributed by atoms with van der Waals surface area (Å²) in [6, 6.07) is 3.64. The Hall–Kier alpha value is -0.800. The largest absolute Gasteiger partial charge is 0.394 e. The molecule has 1 heterocycles. The van der Waals surface area contributed by atoms with E-state index >= 15 is 0 Å². The number of nitrogens with zero attached hydrogens (tertiary/aromatic N) is 1. The third kappa shape index (κ3) is 3.20. The van der Waals surface area contributed by atoms with Crippen molar-refractivity contribution >= 4 is 17.3 Å². The smallest absolute Gasteiger partial charge is 0.131 e. The van der Waals surface area contributed by atoms with Crippen LogP contribution in [0.4, 0.5) is 5.69 Å². The Morgan fingerprint density at radius 2 is 2.46 bits per heavy atom.